The highest BCUT2D eigenvalue weighted by atomic mass is 32.1. The van der Waals surface area contributed by atoms with E-state index in [9.17, 15) is 4.79 Å². The molecule has 0 bridgehead atoms. The van der Waals surface area contributed by atoms with Crippen LogP contribution in [0, 0.1) is 11.3 Å². The van der Waals surface area contributed by atoms with Crippen LogP contribution in [-0.2, 0) is 0 Å². The van der Waals surface area contributed by atoms with E-state index < -0.39 is 0 Å². The molecule has 1 saturated carbocycles. The van der Waals surface area contributed by atoms with Gasteiger partial charge in [-0.2, -0.15) is 4.37 Å². The molecule has 0 saturated heterocycles. The second-order valence-electron chi connectivity index (χ2n) is 6.17. The zero-order chi connectivity index (χ0) is 14.2. The van der Waals surface area contributed by atoms with Gasteiger partial charge in [-0.15, -0.1) is 0 Å². The van der Waals surface area contributed by atoms with Crippen molar-refractivity contribution in [3.8, 4) is 0 Å². The smallest absolute Gasteiger partial charge is 0.258 e. The number of amides is 1. The summed E-state index contributed by atoms with van der Waals surface area (Å²) in [5.74, 6) is 0.816. The number of anilines is 2. The zero-order valence-corrected chi connectivity index (χ0v) is 12.7. The van der Waals surface area contributed by atoms with Gasteiger partial charge in [-0.25, -0.2) is 0 Å². The maximum atomic E-state index is 12.1. The number of hydrogen-bond acceptors (Lipinski definition) is 5. The first-order chi connectivity index (χ1) is 8.81. The summed E-state index contributed by atoms with van der Waals surface area (Å²) in [7, 11) is 0. The first-order valence-electron chi connectivity index (χ1n) is 6.61. The fourth-order valence-corrected chi connectivity index (χ4v) is 2.83. The molecule has 1 aromatic rings. The lowest BCUT2D eigenvalue weighted by molar-refractivity contribution is 0.0945. The highest BCUT2D eigenvalue weighted by Gasteiger charge is 2.45. The first-order valence-corrected chi connectivity index (χ1v) is 7.38. The number of carbonyl (C=O) groups is 1. The Hall–Kier alpha value is -1.30. The third-order valence-electron chi connectivity index (χ3n) is 3.59. The highest BCUT2D eigenvalue weighted by Crippen LogP contribution is 2.51. The van der Waals surface area contributed by atoms with Gasteiger partial charge in [-0.05, 0) is 43.1 Å². The molecule has 1 aromatic heterocycles. The quantitative estimate of drug-likeness (QED) is 0.774. The molecule has 106 valence electrons. The van der Waals surface area contributed by atoms with Crippen molar-refractivity contribution in [2.24, 2.45) is 11.3 Å². The van der Waals surface area contributed by atoms with Crippen LogP contribution in [0.5, 0.6) is 0 Å². The molecule has 1 atom stereocenters. The van der Waals surface area contributed by atoms with Crippen LogP contribution >= 0.6 is 11.5 Å². The predicted molar refractivity (Wildman–Crippen MR) is 79.5 cm³/mol. The van der Waals surface area contributed by atoms with Crippen LogP contribution < -0.4 is 16.4 Å². The number of carbonyl (C=O) groups excluding carboxylic acids is 1. The van der Waals surface area contributed by atoms with Gasteiger partial charge in [0.25, 0.3) is 5.91 Å². The number of nitrogens with two attached hydrogens (primary N) is 1. The number of nitrogens with one attached hydrogen (secondary N) is 2. The Morgan fingerprint density at radius 1 is 1.58 bits per heavy atom. The van der Waals surface area contributed by atoms with Crippen LogP contribution in [0.15, 0.2) is 0 Å². The monoisotopic (exact) mass is 282 g/mol. The summed E-state index contributed by atoms with van der Waals surface area (Å²) < 4.78 is 4.08. The van der Waals surface area contributed by atoms with Crippen molar-refractivity contribution in [2.45, 2.75) is 40.2 Å². The average molecular weight is 282 g/mol. The minimum atomic E-state index is -0.154. The third kappa shape index (κ3) is 3.18. The second-order valence-corrected chi connectivity index (χ2v) is 6.94. The van der Waals surface area contributed by atoms with E-state index >= 15 is 0 Å². The van der Waals surface area contributed by atoms with Crippen LogP contribution in [-0.4, -0.2) is 22.9 Å². The SMILES string of the molecule is CC(C)NC(=O)c1c(N)nsc1NCC1CC1(C)C. The van der Waals surface area contributed by atoms with E-state index in [0.29, 0.717) is 22.7 Å². The molecule has 1 heterocycles. The van der Waals surface area contributed by atoms with Gasteiger partial charge in [0.05, 0.1) is 0 Å². The molecule has 1 fully saturated rings. The molecule has 19 heavy (non-hydrogen) atoms. The average Bonchev–Trinajstić information content (AvgIpc) is 2.72. The standard InChI is InChI=1S/C13H22N4OS/c1-7(2)16-11(18)9-10(14)17-19-12(9)15-6-8-5-13(8,3)4/h7-8,15H,5-6H2,1-4H3,(H2,14,17)(H,16,18). The van der Waals surface area contributed by atoms with Crippen molar-refractivity contribution in [1.82, 2.24) is 9.69 Å². The number of nitrogen functional groups attached to an aromatic ring is 1. The Balaban J connectivity index is 2.03. The zero-order valence-electron chi connectivity index (χ0n) is 11.9. The number of rotatable bonds is 5. The van der Waals surface area contributed by atoms with Crippen LogP contribution in [0.1, 0.15) is 44.5 Å². The van der Waals surface area contributed by atoms with Crippen LogP contribution in [0.25, 0.3) is 0 Å². The molecule has 0 spiro atoms. The molecule has 0 aromatic carbocycles. The highest BCUT2D eigenvalue weighted by molar-refractivity contribution is 7.11. The summed E-state index contributed by atoms with van der Waals surface area (Å²) in [5.41, 5.74) is 6.70. The maximum absolute atomic E-state index is 12.1. The normalized spacial score (nSPS) is 20.4. The number of hydrogen-bond donors (Lipinski definition) is 3. The molecule has 1 aliphatic rings. The molecule has 4 N–H and O–H groups in total. The third-order valence-corrected chi connectivity index (χ3v) is 4.41. The Labute approximate surface area is 118 Å². The van der Waals surface area contributed by atoms with E-state index in [1.807, 2.05) is 13.8 Å². The van der Waals surface area contributed by atoms with Crippen LogP contribution in [0.2, 0.25) is 0 Å². The van der Waals surface area contributed by atoms with Crippen molar-refractivity contribution in [3.63, 3.8) is 0 Å². The summed E-state index contributed by atoms with van der Waals surface area (Å²) in [6.45, 7) is 9.23. The molecule has 5 nitrogen and oxygen atoms in total. The molecule has 1 unspecified atom stereocenters. The Morgan fingerprint density at radius 3 is 2.74 bits per heavy atom. The van der Waals surface area contributed by atoms with E-state index in [1.165, 1.54) is 18.0 Å². The predicted octanol–water partition coefficient (Wildman–Crippen LogP) is 2.32. The van der Waals surface area contributed by atoms with E-state index in [2.05, 4.69) is 28.9 Å². The van der Waals surface area contributed by atoms with Gasteiger partial charge in [0.15, 0.2) is 5.82 Å². The van der Waals surface area contributed by atoms with Crippen LogP contribution in [0.3, 0.4) is 0 Å². The van der Waals surface area contributed by atoms with Gasteiger partial charge in [0, 0.05) is 12.6 Å². The van der Waals surface area contributed by atoms with Gasteiger partial charge in [-0.3, -0.25) is 4.79 Å². The Morgan fingerprint density at radius 2 is 2.21 bits per heavy atom. The van der Waals surface area contributed by atoms with E-state index in [0.717, 1.165) is 11.5 Å². The lowest BCUT2D eigenvalue weighted by Crippen LogP contribution is -2.31. The molecule has 6 heteroatoms. The van der Waals surface area contributed by atoms with Crippen molar-refractivity contribution < 1.29 is 4.79 Å². The van der Waals surface area contributed by atoms with E-state index in [4.69, 9.17) is 5.73 Å². The van der Waals surface area contributed by atoms with Gasteiger partial charge in [0.1, 0.15) is 10.6 Å². The summed E-state index contributed by atoms with van der Waals surface area (Å²) in [5, 5.41) is 6.95. The Bertz CT molecular complexity index is 481. The van der Waals surface area contributed by atoms with Gasteiger partial charge < -0.3 is 16.4 Å². The minimum Gasteiger partial charge on any atom is -0.382 e. The maximum Gasteiger partial charge on any atom is 0.258 e. The molecular weight excluding hydrogens is 260 g/mol. The van der Waals surface area contributed by atoms with Crippen molar-refractivity contribution in [1.29, 1.82) is 0 Å². The van der Waals surface area contributed by atoms with Gasteiger partial charge in [-0.1, -0.05) is 13.8 Å². The molecule has 0 radical (unpaired) electrons. The lowest BCUT2D eigenvalue weighted by Gasteiger charge is -2.10. The Kier molecular flexibility index (Phi) is 3.71. The van der Waals surface area contributed by atoms with Gasteiger partial charge >= 0.3 is 0 Å². The summed E-state index contributed by atoms with van der Waals surface area (Å²) in [4.78, 5) is 12.1. The molecular formula is C13H22N4OS. The lowest BCUT2D eigenvalue weighted by atomic mass is 10.1. The van der Waals surface area contributed by atoms with Crippen molar-refractivity contribution in [3.05, 3.63) is 5.56 Å². The van der Waals surface area contributed by atoms with E-state index in [-0.39, 0.29) is 11.9 Å². The summed E-state index contributed by atoms with van der Waals surface area (Å²) in [6.07, 6.45) is 1.22. The topological polar surface area (TPSA) is 80.0 Å². The molecule has 0 aliphatic heterocycles. The van der Waals surface area contributed by atoms with Gasteiger partial charge in [0.2, 0.25) is 0 Å². The molecule has 2 rings (SSSR count). The fraction of sp³-hybridized carbons (Fsp3) is 0.692. The van der Waals surface area contributed by atoms with E-state index in [1.54, 1.807) is 0 Å². The van der Waals surface area contributed by atoms with Crippen molar-refractivity contribution in [2.75, 3.05) is 17.6 Å². The van der Waals surface area contributed by atoms with Crippen LogP contribution in [0.4, 0.5) is 10.8 Å². The molecule has 1 aliphatic carbocycles. The fourth-order valence-electron chi connectivity index (χ4n) is 2.12. The second kappa shape index (κ2) is 5.00. The largest absolute Gasteiger partial charge is 0.382 e. The first kappa shape index (κ1) is 14.1. The minimum absolute atomic E-state index is 0.0852. The summed E-state index contributed by atoms with van der Waals surface area (Å²) >= 11 is 1.25. The summed E-state index contributed by atoms with van der Waals surface area (Å²) in [6, 6.07) is 0.0852. The number of aromatic nitrogens is 1. The van der Waals surface area contributed by atoms with Crippen molar-refractivity contribution >= 4 is 28.3 Å². The number of nitrogens with zero attached hydrogens (tertiary/aromatic N) is 1. The molecule has 1 amide bonds.